The number of carbonyl (C=O) groups excluding carboxylic acids is 1. The van der Waals surface area contributed by atoms with E-state index in [1.807, 2.05) is 18.2 Å². The highest BCUT2D eigenvalue weighted by molar-refractivity contribution is 5.80. The maximum Gasteiger partial charge on any atom is 0.223 e. The van der Waals surface area contributed by atoms with Gasteiger partial charge in [0.25, 0.3) is 0 Å². The van der Waals surface area contributed by atoms with Crippen LogP contribution in [-0.4, -0.2) is 11.5 Å². The fraction of sp³-hybridized carbons (Fsp3) is 0.562. The van der Waals surface area contributed by atoms with Crippen molar-refractivity contribution < 1.29 is 9.53 Å². The average Bonchev–Trinajstić information content (AvgIpc) is 2.26. The molecule has 1 unspecified atom stereocenters. The van der Waals surface area contributed by atoms with E-state index in [9.17, 15) is 4.79 Å². The standard InChI is InChI=1S/C16H22N2O2/c1-16(2)9-13(18-15(19)10-4-3-5-10)12-8-11(17)6-7-14(12)20-16/h6-8,10,13H,3-5,9,17H2,1-2H3,(H,18,19). The molecule has 1 heterocycles. The van der Waals surface area contributed by atoms with E-state index < -0.39 is 0 Å². The van der Waals surface area contributed by atoms with E-state index in [0.717, 1.165) is 30.6 Å². The lowest BCUT2D eigenvalue weighted by Gasteiger charge is -2.39. The first kappa shape index (κ1) is 13.3. The average molecular weight is 274 g/mol. The minimum absolute atomic E-state index is 0.00894. The molecule has 1 amide bonds. The molecule has 0 radical (unpaired) electrons. The molecule has 0 aromatic heterocycles. The normalized spacial score (nSPS) is 24.2. The van der Waals surface area contributed by atoms with Crippen molar-refractivity contribution in [2.75, 3.05) is 5.73 Å². The summed E-state index contributed by atoms with van der Waals surface area (Å²) >= 11 is 0. The third kappa shape index (κ3) is 2.47. The Morgan fingerprint density at radius 3 is 2.80 bits per heavy atom. The maximum absolute atomic E-state index is 12.2. The Kier molecular flexibility index (Phi) is 3.11. The second-order valence-corrected chi connectivity index (χ2v) is 6.55. The van der Waals surface area contributed by atoms with E-state index in [-0.39, 0.29) is 23.5 Å². The van der Waals surface area contributed by atoms with Crippen LogP contribution in [0.3, 0.4) is 0 Å². The molecule has 3 rings (SSSR count). The van der Waals surface area contributed by atoms with Crippen molar-refractivity contribution in [2.24, 2.45) is 5.92 Å². The number of fused-ring (bicyclic) bond motifs is 1. The van der Waals surface area contributed by atoms with Gasteiger partial charge >= 0.3 is 0 Å². The summed E-state index contributed by atoms with van der Waals surface area (Å²) in [4.78, 5) is 12.2. The summed E-state index contributed by atoms with van der Waals surface area (Å²) in [5, 5.41) is 3.19. The van der Waals surface area contributed by atoms with Crippen LogP contribution in [0.4, 0.5) is 5.69 Å². The minimum atomic E-state index is -0.277. The number of nitrogen functional groups attached to an aromatic ring is 1. The Balaban J connectivity index is 1.85. The number of ether oxygens (including phenoxy) is 1. The molecule has 1 fully saturated rings. The van der Waals surface area contributed by atoms with Gasteiger partial charge in [0, 0.05) is 23.6 Å². The SMILES string of the molecule is CC1(C)CC(NC(=O)C2CCC2)c2cc(N)ccc2O1. The van der Waals surface area contributed by atoms with Crippen molar-refractivity contribution in [2.45, 2.75) is 51.2 Å². The van der Waals surface area contributed by atoms with Gasteiger partial charge in [-0.3, -0.25) is 4.79 Å². The molecule has 0 saturated heterocycles. The summed E-state index contributed by atoms with van der Waals surface area (Å²) in [5.41, 5.74) is 7.30. The van der Waals surface area contributed by atoms with Crippen LogP contribution in [-0.2, 0) is 4.79 Å². The lowest BCUT2D eigenvalue weighted by atomic mass is 9.83. The molecule has 1 aliphatic carbocycles. The summed E-state index contributed by atoms with van der Waals surface area (Å²) in [6.45, 7) is 4.10. The summed E-state index contributed by atoms with van der Waals surface area (Å²) in [7, 11) is 0. The quantitative estimate of drug-likeness (QED) is 0.815. The van der Waals surface area contributed by atoms with Gasteiger partial charge in [-0.05, 0) is 44.9 Å². The van der Waals surface area contributed by atoms with Crippen LogP contribution >= 0.6 is 0 Å². The topological polar surface area (TPSA) is 64.4 Å². The zero-order valence-corrected chi connectivity index (χ0v) is 12.1. The first-order chi connectivity index (χ1) is 9.44. The van der Waals surface area contributed by atoms with Gasteiger partial charge in [-0.2, -0.15) is 0 Å². The van der Waals surface area contributed by atoms with Gasteiger partial charge in [-0.1, -0.05) is 6.42 Å². The van der Waals surface area contributed by atoms with Crippen LogP contribution in [0.2, 0.25) is 0 Å². The molecule has 108 valence electrons. The smallest absolute Gasteiger partial charge is 0.223 e. The number of hydrogen-bond acceptors (Lipinski definition) is 3. The summed E-state index contributed by atoms with van der Waals surface area (Å²) < 4.78 is 5.98. The molecule has 1 aromatic rings. The van der Waals surface area contributed by atoms with Gasteiger partial charge in [-0.25, -0.2) is 0 Å². The monoisotopic (exact) mass is 274 g/mol. The fourth-order valence-corrected chi connectivity index (χ4v) is 2.96. The molecule has 1 aromatic carbocycles. The highest BCUT2D eigenvalue weighted by atomic mass is 16.5. The van der Waals surface area contributed by atoms with Crippen LogP contribution in [0, 0.1) is 5.92 Å². The third-order valence-corrected chi connectivity index (χ3v) is 4.28. The molecule has 2 aliphatic rings. The molecule has 3 N–H and O–H groups in total. The Morgan fingerprint density at radius 1 is 1.40 bits per heavy atom. The van der Waals surface area contributed by atoms with Crippen molar-refractivity contribution in [1.82, 2.24) is 5.32 Å². The van der Waals surface area contributed by atoms with Crippen molar-refractivity contribution >= 4 is 11.6 Å². The predicted octanol–water partition coefficient (Wildman–Crippen LogP) is 2.79. The number of anilines is 1. The van der Waals surface area contributed by atoms with Gasteiger partial charge < -0.3 is 15.8 Å². The van der Waals surface area contributed by atoms with Gasteiger partial charge in [0.15, 0.2) is 0 Å². The summed E-state index contributed by atoms with van der Waals surface area (Å²) in [5.74, 6) is 1.20. The second kappa shape index (κ2) is 4.69. The second-order valence-electron chi connectivity index (χ2n) is 6.55. The van der Waals surface area contributed by atoms with E-state index in [4.69, 9.17) is 10.5 Å². The third-order valence-electron chi connectivity index (χ3n) is 4.28. The number of rotatable bonds is 2. The number of nitrogens with two attached hydrogens (primary N) is 1. The highest BCUT2D eigenvalue weighted by Gasteiger charge is 2.36. The number of amides is 1. The van der Waals surface area contributed by atoms with Gasteiger partial charge in [0.1, 0.15) is 11.4 Å². The first-order valence-corrected chi connectivity index (χ1v) is 7.33. The Labute approximate surface area is 119 Å². The number of hydrogen-bond donors (Lipinski definition) is 2. The minimum Gasteiger partial charge on any atom is -0.487 e. The Hall–Kier alpha value is -1.71. The van der Waals surface area contributed by atoms with Crippen molar-refractivity contribution in [1.29, 1.82) is 0 Å². The summed E-state index contributed by atoms with van der Waals surface area (Å²) in [6.07, 6.45) is 3.97. The molecule has 4 heteroatoms. The van der Waals surface area contributed by atoms with Crippen molar-refractivity contribution in [3.8, 4) is 5.75 Å². The fourth-order valence-electron chi connectivity index (χ4n) is 2.96. The molecule has 1 aliphatic heterocycles. The van der Waals surface area contributed by atoms with E-state index >= 15 is 0 Å². The van der Waals surface area contributed by atoms with Crippen LogP contribution in [0.15, 0.2) is 18.2 Å². The maximum atomic E-state index is 12.2. The van der Waals surface area contributed by atoms with Crippen molar-refractivity contribution in [3.05, 3.63) is 23.8 Å². The zero-order chi connectivity index (χ0) is 14.3. The van der Waals surface area contributed by atoms with E-state index in [1.165, 1.54) is 6.42 Å². The lowest BCUT2D eigenvalue weighted by molar-refractivity contribution is -0.128. The number of benzene rings is 1. The van der Waals surface area contributed by atoms with Gasteiger partial charge in [-0.15, -0.1) is 0 Å². The van der Waals surface area contributed by atoms with E-state index in [1.54, 1.807) is 0 Å². The molecule has 0 bridgehead atoms. The Bertz CT molecular complexity index is 535. The van der Waals surface area contributed by atoms with Gasteiger partial charge in [0.2, 0.25) is 5.91 Å². The zero-order valence-electron chi connectivity index (χ0n) is 12.1. The van der Waals surface area contributed by atoms with Crippen LogP contribution < -0.4 is 15.8 Å². The number of nitrogens with one attached hydrogen (secondary N) is 1. The molecule has 0 spiro atoms. The highest BCUT2D eigenvalue weighted by Crippen LogP contribution is 2.40. The van der Waals surface area contributed by atoms with Crippen LogP contribution in [0.25, 0.3) is 0 Å². The molecular weight excluding hydrogens is 252 g/mol. The molecule has 20 heavy (non-hydrogen) atoms. The van der Waals surface area contributed by atoms with Crippen LogP contribution in [0.1, 0.15) is 51.1 Å². The first-order valence-electron chi connectivity index (χ1n) is 7.33. The number of carbonyl (C=O) groups is 1. The molecule has 4 nitrogen and oxygen atoms in total. The summed E-state index contributed by atoms with van der Waals surface area (Å²) in [6, 6.07) is 5.64. The molecule has 1 saturated carbocycles. The van der Waals surface area contributed by atoms with Crippen LogP contribution in [0.5, 0.6) is 5.75 Å². The Morgan fingerprint density at radius 2 is 2.15 bits per heavy atom. The predicted molar refractivity (Wildman–Crippen MR) is 78.4 cm³/mol. The lowest BCUT2D eigenvalue weighted by Crippen LogP contribution is -2.43. The van der Waals surface area contributed by atoms with E-state index in [2.05, 4.69) is 19.2 Å². The van der Waals surface area contributed by atoms with Gasteiger partial charge in [0.05, 0.1) is 6.04 Å². The van der Waals surface area contributed by atoms with E-state index in [0.29, 0.717) is 5.69 Å². The largest absolute Gasteiger partial charge is 0.487 e. The molecular formula is C16H22N2O2. The van der Waals surface area contributed by atoms with Crippen molar-refractivity contribution in [3.63, 3.8) is 0 Å². The molecule has 1 atom stereocenters.